The smallest absolute Gasteiger partial charge is 0.314 e. The molecule has 0 aliphatic heterocycles. The van der Waals surface area contributed by atoms with E-state index in [0.29, 0.717) is 29.2 Å². The second-order valence-electron chi connectivity index (χ2n) is 4.73. The summed E-state index contributed by atoms with van der Waals surface area (Å²) in [6.07, 6.45) is 2.74. The lowest BCUT2D eigenvalue weighted by molar-refractivity contribution is -0.144. The number of methoxy groups -OCH3 is 1. The largest absolute Gasteiger partial charge is 0.496 e. The first-order valence-corrected chi connectivity index (χ1v) is 6.97. The van der Waals surface area contributed by atoms with Crippen molar-refractivity contribution in [1.82, 2.24) is 0 Å². The molecule has 0 aromatic heterocycles. The first-order valence-electron chi connectivity index (χ1n) is 6.59. The van der Waals surface area contributed by atoms with Crippen molar-refractivity contribution in [3.8, 4) is 5.75 Å². The maximum atomic E-state index is 11.9. The highest BCUT2D eigenvalue weighted by Gasteiger charge is 2.41. The van der Waals surface area contributed by atoms with Gasteiger partial charge in [0.2, 0.25) is 0 Å². The van der Waals surface area contributed by atoms with Crippen LogP contribution in [0.15, 0.2) is 18.2 Å². The summed E-state index contributed by atoms with van der Waals surface area (Å²) in [6, 6.07) is 5.18. The average molecular weight is 285 g/mol. The minimum Gasteiger partial charge on any atom is -0.496 e. The zero-order chi connectivity index (χ0) is 14.5. The zero-order valence-electron chi connectivity index (χ0n) is 11.7. The van der Waals surface area contributed by atoms with Gasteiger partial charge in [0, 0.05) is 10.6 Å². The van der Waals surface area contributed by atoms with Gasteiger partial charge in [-0.2, -0.15) is 0 Å². The van der Waals surface area contributed by atoms with Gasteiger partial charge in [-0.3, -0.25) is 4.79 Å². The number of carbonyl (C=O) groups is 1. The number of carboxylic acid groups (broad SMARTS) is 1. The van der Waals surface area contributed by atoms with Gasteiger partial charge in [-0.25, -0.2) is 0 Å². The highest BCUT2D eigenvalue weighted by Crippen LogP contribution is 2.41. The van der Waals surface area contributed by atoms with Crippen LogP contribution in [0.3, 0.4) is 0 Å². The van der Waals surface area contributed by atoms with Crippen LogP contribution in [0.25, 0.3) is 0 Å². The Hall–Kier alpha value is -1.22. The fourth-order valence-corrected chi connectivity index (χ4v) is 2.80. The molecule has 1 aromatic rings. The molecule has 3 nitrogen and oxygen atoms in total. The van der Waals surface area contributed by atoms with Crippen molar-refractivity contribution in [2.24, 2.45) is 0 Å². The molecule has 0 radical (unpaired) electrons. The number of ether oxygens (including phenoxy) is 1. The van der Waals surface area contributed by atoms with Gasteiger partial charge in [0.1, 0.15) is 5.75 Å². The summed E-state index contributed by atoms with van der Waals surface area (Å²) >= 11 is 6.04. The highest BCUT2D eigenvalue weighted by molar-refractivity contribution is 6.30. The Labute approximate surface area is 119 Å². The van der Waals surface area contributed by atoms with E-state index in [1.54, 1.807) is 25.3 Å². The molecule has 106 valence electrons. The van der Waals surface area contributed by atoms with E-state index < -0.39 is 11.4 Å². The minimum absolute atomic E-state index is 0.536. The summed E-state index contributed by atoms with van der Waals surface area (Å²) in [5.41, 5.74) is -0.238. The van der Waals surface area contributed by atoms with Gasteiger partial charge in [-0.1, -0.05) is 38.3 Å². The summed E-state index contributed by atoms with van der Waals surface area (Å²) in [5, 5.41) is 10.3. The molecule has 0 aliphatic rings. The molecule has 1 rings (SSSR count). The summed E-state index contributed by atoms with van der Waals surface area (Å²) in [4.78, 5) is 11.9. The van der Waals surface area contributed by atoms with Crippen LogP contribution < -0.4 is 4.74 Å². The maximum absolute atomic E-state index is 11.9. The SMILES string of the molecule is CCCC(CCC)(C(=O)O)c1cc(Cl)ccc1OC. The van der Waals surface area contributed by atoms with Gasteiger partial charge in [0.25, 0.3) is 0 Å². The van der Waals surface area contributed by atoms with Crippen LogP contribution in [0.4, 0.5) is 0 Å². The number of hydrogen-bond acceptors (Lipinski definition) is 2. The molecule has 4 heteroatoms. The predicted molar refractivity (Wildman–Crippen MR) is 77.1 cm³/mol. The fraction of sp³-hybridized carbons (Fsp3) is 0.533. The van der Waals surface area contributed by atoms with E-state index in [1.165, 1.54) is 0 Å². The molecule has 0 aliphatic carbocycles. The van der Waals surface area contributed by atoms with Gasteiger partial charge in [0.05, 0.1) is 12.5 Å². The molecule has 0 fully saturated rings. The summed E-state index contributed by atoms with van der Waals surface area (Å²) < 4.78 is 5.33. The maximum Gasteiger partial charge on any atom is 0.314 e. The molecule has 0 unspecified atom stereocenters. The third-order valence-corrected chi connectivity index (χ3v) is 3.68. The second-order valence-corrected chi connectivity index (χ2v) is 5.17. The van der Waals surface area contributed by atoms with Crippen molar-refractivity contribution in [2.45, 2.75) is 44.9 Å². The van der Waals surface area contributed by atoms with E-state index in [-0.39, 0.29) is 0 Å². The number of hydrogen-bond donors (Lipinski definition) is 1. The Bertz CT molecular complexity index is 437. The van der Waals surface area contributed by atoms with Crippen LogP contribution in [0, 0.1) is 0 Å². The number of carboxylic acids is 1. The lowest BCUT2D eigenvalue weighted by Crippen LogP contribution is -2.36. The number of aliphatic carboxylic acids is 1. The number of halogens is 1. The third kappa shape index (κ3) is 3.21. The van der Waals surface area contributed by atoms with E-state index in [1.807, 2.05) is 13.8 Å². The predicted octanol–water partition coefficient (Wildman–Crippen LogP) is 4.27. The van der Waals surface area contributed by atoms with Crippen molar-refractivity contribution in [2.75, 3.05) is 7.11 Å². The average Bonchev–Trinajstić information content (AvgIpc) is 2.38. The van der Waals surface area contributed by atoms with E-state index in [4.69, 9.17) is 16.3 Å². The van der Waals surface area contributed by atoms with Crippen LogP contribution in [0.1, 0.15) is 45.1 Å². The second kappa shape index (κ2) is 6.80. The molecule has 0 saturated heterocycles. The highest BCUT2D eigenvalue weighted by atomic mass is 35.5. The van der Waals surface area contributed by atoms with Crippen molar-refractivity contribution < 1.29 is 14.6 Å². The monoisotopic (exact) mass is 284 g/mol. The first-order chi connectivity index (χ1) is 9.01. The molecule has 0 spiro atoms. The molecule has 0 heterocycles. The topological polar surface area (TPSA) is 46.5 Å². The van der Waals surface area contributed by atoms with Crippen LogP contribution >= 0.6 is 11.6 Å². The van der Waals surface area contributed by atoms with Crippen molar-refractivity contribution in [1.29, 1.82) is 0 Å². The molecule has 0 amide bonds. The molecule has 1 aromatic carbocycles. The molecule has 0 saturated carbocycles. The van der Waals surface area contributed by atoms with E-state index in [9.17, 15) is 9.90 Å². The van der Waals surface area contributed by atoms with Crippen molar-refractivity contribution in [3.63, 3.8) is 0 Å². The molecule has 1 N–H and O–H groups in total. The van der Waals surface area contributed by atoms with Crippen LogP contribution in [-0.4, -0.2) is 18.2 Å². The number of rotatable bonds is 7. The standard InChI is InChI=1S/C15H21ClO3/c1-4-8-15(9-5-2,14(17)18)12-10-11(16)6-7-13(12)19-3/h6-7,10H,4-5,8-9H2,1-3H3,(H,17,18). The van der Waals surface area contributed by atoms with Crippen LogP contribution in [0.2, 0.25) is 5.02 Å². The molecule has 19 heavy (non-hydrogen) atoms. The van der Waals surface area contributed by atoms with Gasteiger partial charge in [-0.05, 0) is 31.0 Å². The number of benzene rings is 1. The molecular formula is C15H21ClO3. The Morgan fingerprint density at radius 3 is 2.32 bits per heavy atom. The van der Waals surface area contributed by atoms with Crippen LogP contribution in [0.5, 0.6) is 5.75 Å². The lowest BCUT2D eigenvalue weighted by atomic mass is 9.73. The zero-order valence-corrected chi connectivity index (χ0v) is 12.5. The Balaban J connectivity index is 3.45. The van der Waals surface area contributed by atoms with Crippen molar-refractivity contribution >= 4 is 17.6 Å². The Morgan fingerprint density at radius 2 is 1.89 bits per heavy atom. The van der Waals surface area contributed by atoms with Gasteiger partial charge in [-0.15, -0.1) is 0 Å². The van der Waals surface area contributed by atoms with Gasteiger partial charge < -0.3 is 9.84 Å². The molecule has 0 atom stereocenters. The Morgan fingerprint density at radius 1 is 1.32 bits per heavy atom. The lowest BCUT2D eigenvalue weighted by Gasteiger charge is -2.31. The molecule has 0 bridgehead atoms. The van der Waals surface area contributed by atoms with E-state index in [0.717, 1.165) is 12.8 Å². The fourth-order valence-electron chi connectivity index (χ4n) is 2.63. The van der Waals surface area contributed by atoms with Crippen LogP contribution in [-0.2, 0) is 10.2 Å². The Kier molecular flexibility index (Phi) is 5.67. The molecular weight excluding hydrogens is 264 g/mol. The quantitative estimate of drug-likeness (QED) is 0.813. The summed E-state index contributed by atoms with van der Waals surface area (Å²) in [6.45, 7) is 3.98. The van der Waals surface area contributed by atoms with Gasteiger partial charge >= 0.3 is 5.97 Å². The van der Waals surface area contributed by atoms with Gasteiger partial charge in [0.15, 0.2) is 0 Å². The third-order valence-electron chi connectivity index (χ3n) is 3.44. The van der Waals surface area contributed by atoms with E-state index >= 15 is 0 Å². The summed E-state index contributed by atoms with van der Waals surface area (Å²) in [7, 11) is 1.55. The normalized spacial score (nSPS) is 11.4. The first kappa shape index (κ1) is 15.8. The van der Waals surface area contributed by atoms with Crippen molar-refractivity contribution in [3.05, 3.63) is 28.8 Å². The van der Waals surface area contributed by atoms with E-state index in [2.05, 4.69) is 0 Å². The minimum atomic E-state index is -0.917. The summed E-state index contributed by atoms with van der Waals surface area (Å²) in [5.74, 6) is -0.217.